The molecule has 0 amide bonds. The average Bonchev–Trinajstić information content (AvgIpc) is 2.66. The summed E-state index contributed by atoms with van der Waals surface area (Å²) in [5, 5.41) is 3.35. The van der Waals surface area contributed by atoms with Crippen LogP contribution in [0.25, 0.3) is 6.08 Å². The van der Waals surface area contributed by atoms with Crippen LogP contribution in [0.15, 0.2) is 53.1 Å². The molecule has 3 rings (SSSR count). The van der Waals surface area contributed by atoms with E-state index < -0.39 is 0 Å². The maximum atomic E-state index is 12.3. The van der Waals surface area contributed by atoms with Crippen molar-refractivity contribution in [3.63, 3.8) is 0 Å². The molecule has 0 saturated carbocycles. The predicted molar refractivity (Wildman–Crippen MR) is 107 cm³/mol. The van der Waals surface area contributed by atoms with Gasteiger partial charge < -0.3 is 9.88 Å². The van der Waals surface area contributed by atoms with Crippen LogP contribution in [0.4, 0.5) is 5.82 Å². The lowest BCUT2D eigenvalue weighted by Gasteiger charge is -2.32. The van der Waals surface area contributed by atoms with Gasteiger partial charge in [-0.3, -0.25) is 9.69 Å². The second-order valence-corrected chi connectivity index (χ2v) is 6.96. The Morgan fingerprint density at radius 1 is 1.27 bits per heavy atom. The molecule has 0 aliphatic carbocycles. The van der Waals surface area contributed by atoms with Crippen molar-refractivity contribution in [2.75, 3.05) is 25.0 Å². The molecule has 5 heteroatoms. The van der Waals surface area contributed by atoms with Crippen molar-refractivity contribution in [1.82, 2.24) is 14.5 Å². The molecule has 0 atom stereocenters. The van der Waals surface area contributed by atoms with Gasteiger partial charge in [-0.2, -0.15) is 0 Å². The van der Waals surface area contributed by atoms with Crippen LogP contribution in [-0.4, -0.2) is 40.1 Å². The highest BCUT2D eigenvalue weighted by molar-refractivity contribution is 5.52. The second-order valence-electron chi connectivity index (χ2n) is 6.96. The fourth-order valence-electron chi connectivity index (χ4n) is 3.46. The average molecular weight is 352 g/mol. The first kappa shape index (κ1) is 18.4. The van der Waals surface area contributed by atoms with E-state index in [2.05, 4.69) is 52.5 Å². The zero-order valence-electron chi connectivity index (χ0n) is 15.7. The zero-order chi connectivity index (χ0) is 18.4. The Kier molecular flexibility index (Phi) is 6.23. The van der Waals surface area contributed by atoms with E-state index in [1.807, 2.05) is 13.0 Å². The number of hydrogen-bond donors (Lipinski definition) is 1. The van der Waals surface area contributed by atoms with Gasteiger partial charge in [0.15, 0.2) is 5.82 Å². The lowest BCUT2D eigenvalue weighted by atomic mass is 10.0. The van der Waals surface area contributed by atoms with Crippen molar-refractivity contribution >= 4 is 11.9 Å². The highest BCUT2D eigenvalue weighted by Gasteiger charge is 2.20. The topological polar surface area (TPSA) is 50.2 Å². The molecule has 26 heavy (non-hydrogen) atoms. The molecule has 0 radical (unpaired) electrons. The van der Waals surface area contributed by atoms with Crippen LogP contribution in [0.3, 0.4) is 0 Å². The maximum Gasteiger partial charge on any atom is 0.293 e. The van der Waals surface area contributed by atoms with Crippen molar-refractivity contribution < 1.29 is 0 Å². The van der Waals surface area contributed by atoms with Crippen LogP contribution in [0.2, 0.25) is 0 Å². The van der Waals surface area contributed by atoms with Crippen LogP contribution in [0.5, 0.6) is 0 Å². The van der Waals surface area contributed by atoms with Gasteiger partial charge in [-0.1, -0.05) is 42.0 Å². The summed E-state index contributed by atoms with van der Waals surface area (Å²) in [4.78, 5) is 19.0. The quantitative estimate of drug-likeness (QED) is 0.867. The van der Waals surface area contributed by atoms with Crippen LogP contribution in [0.1, 0.15) is 32.3 Å². The smallest absolute Gasteiger partial charge is 0.293 e. The molecule has 1 fully saturated rings. The number of aryl methyl sites for hydroxylation is 1. The van der Waals surface area contributed by atoms with Crippen molar-refractivity contribution in [3.05, 3.63) is 64.2 Å². The minimum Gasteiger partial charge on any atom is -0.363 e. The summed E-state index contributed by atoms with van der Waals surface area (Å²) in [5.41, 5.74) is 2.60. The zero-order valence-corrected chi connectivity index (χ0v) is 15.7. The number of anilines is 1. The monoisotopic (exact) mass is 352 g/mol. The van der Waals surface area contributed by atoms with Gasteiger partial charge in [-0.25, -0.2) is 4.98 Å². The number of piperidine rings is 1. The molecule has 1 saturated heterocycles. The van der Waals surface area contributed by atoms with E-state index in [0.717, 1.165) is 32.5 Å². The van der Waals surface area contributed by atoms with E-state index in [9.17, 15) is 4.79 Å². The van der Waals surface area contributed by atoms with Crippen LogP contribution < -0.4 is 10.9 Å². The first-order valence-corrected chi connectivity index (χ1v) is 9.42. The van der Waals surface area contributed by atoms with Gasteiger partial charge in [-0.05, 0) is 32.3 Å². The van der Waals surface area contributed by atoms with Crippen molar-refractivity contribution in [2.24, 2.45) is 0 Å². The van der Waals surface area contributed by atoms with E-state index in [1.54, 1.807) is 17.0 Å². The third-order valence-electron chi connectivity index (χ3n) is 4.87. The number of benzene rings is 1. The lowest BCUT2D eigenvalue weighted by Crippen LogP contribution is -2.41. The summed E-state index contributed by atoms with van der Waals surface area (Å²) in [5.74, 6) is 0.480. The highest BCUT2D eigenvalue weighted by Crippen LogP contribution is 2.16. The number of rotatable bonds is 6. The largest absolute Gasteiger partial charge is 0.363 e. The Balaban J connectivity index is 1.52. The molecule has 1 N–H and O–H groups in total. The van der Waals surface area contributed by atoms with Gasteiger partial charge >= 0.3 is 0 Å². The van der Waals surface area contributed by atoms with E-state index in [1.165, 1.54) is 11.1 Å². The molecular weight excluding hydrogens is 324 g/mol. The van der Waals surface area contributed by atoms with Gasteiger partial charge in [-0.15, -0.1) is 0 Å². The Bertz CT molecular complexity index is 789. The van der Waals surface area contributed by atoms with E-state index in [-0.39, 0.29) is 5.56 Å². The summed E-state index contributed by atoms with van der Waals surface area (Å²) in [7, 11) is 0. The molecule has 5 nitrogen and oxygen atoms in total. The number of likely N-dealkylation sites (tertiary alicyclic amines) is 1. The van der Waals surface area contributed by atoms with Gasteiger partial charge in [0.05, 0.1) is 0 Å². The normalized spacial score (nSPS) is 16.6. The molecule has 1 aliphatic rings. The third kappa shape index (κ3) is 4.82. The van der Waals surface area contributed by atoms with E-state index in [0.29, 0.717) is 18.4 Å². The fourth-order valence-corrected chi connectivity index (χ4v) is 3.46. The summed E-state index contributed by atoms with van der Waals surface area (Å²) in [6.45, 7) is 7.89. The molecule has 0 unspecified atom stereocenters. The molecule has 0 spiro atoms. The molecule has 1 aliphatic heterocycles. The van der Waals surface area contributed by atoms with Gasteiger partial charge in [0, 0.05) is 44.6 Å². The molecule has 0 bridgehead atoms. The van der Waals surface area contributed by atoms with Crippen LogP contribution >= 0.6 is 0 Å². The molecule has 1 aromatic heterocycles. The highest BCUT2D eigenvalue weighted by atomic mass is 16.1. The van der Waals surface area contributed by atoms with Crippen LogP contribution in [0, 0.1) is 0 Å². The lowest BCUT2D eigenvalue weighted by molar-refractivity contribution is 0.236. The Morgan fingerprint density at radius 2 is 2.00 bits per heavy atom. The Labute approximate surface area is 155 Å². The minimum absolute atomic E-state index is 0.0286. The third-order valence-corrected chi connectivity index (χ3v) is 4.87. The molecule has 2 heterocycles. The number of aromatic nitrogens is 2. The first-order chi connectivity index (χ1) is 12.7. The first-order valence-electron chi connectivity index (χ1n) is 9.42. The Hall–Kier alpha value is -2.40. The summed E-state index contributed by atoms with van der Waals surface area (Å²) >= 11 is 0. The number of nitrogens with zero attached hydrogens (tertiary/aromatic N) is 3. The second kappa shape index (κ2) is 8.81. The summed E-state index contributed by atoms with van der Waals surface area (Å²) in [6.07, 6.45) is 7.74. The predicted octanol–water partition coefficient (Wildman–Crippen LogP) is 3.24. The minimum atomic E-state index is -0.0286. The molecule has 138 valence electrons. The van der Waals surface area contributed by atoms with Gasteiger partial charge in [0.2, 0.25) is 0 Å². The molecular formula is C21H28N4O. The fraction of sp³-hybridized carbons (Fsp3) is 0.429. The van der Waals surface area contributed by atoms with Crippen molar-refractivity contribution in [2.45, 2.75) is 39.3 Å². The summed E-state index contributed by atoms with van der Waals surface area (Å²) < 4.78 is 1.68. The molecule has 1 aromatic carbocycles. The molecule has 2 aromatic rings. The standard InChI is InChI=1S/C21H28N4O/c1-3-25-14-11-22-20(21(25)26)23-19-9-12-24(13-10-19)16-17(2)15-18-7-5-4-6-8-18/h4-8,11,14-15,19H,3,9-10,12-13,16H2,1-2H3,(H,22,23)/b17-15+. The SMILES string of the molecule is CCn1ccnc(NC2CCN(C/C(C)=C/c3ccccc3)CC2)c1=O. The van der Waals surface area contributed by atoms with Crippen molar-refractivity contribution in [1.29, 1.82) is 0 Å². The van der Waals surface area contributed by atoms with Gasteiger partial charge in [0.1, 0.15) is 0 Å². The van der Waals surface area contributed by atoms with Gasteiger partial charge in [0.25, 0.3) is 5.56 Å². The van der Waals surface area contributed by atoms with E-state index in [4.69, 9.17) is 0 Å². The number of nitrogens with one attached hydrogen (secondary N) is 1. The van der Waals surface area contributed by atoms with E-state index >= 15 is 0 Å². The van der Waals surface area contributed by atoms with Crippen molar-refractivity contribution in [3.8, 4) is 0 Å². The Morgan fingerprint density at radius 3 is 2.69 bits per heavy atom. The maximum absolute atomic E-state index is 12.3. The summed E-state index contributed by atoms with van der Waals surface area (Å²) in [6, 6.07) is 10.8. The van der Waals surface area contributed by atoms with Crippen LogP contribution in [-0.2, 0) is 6.54 Å². The number of hydrogen-bond acceptors (Lipinski definition) is 4.